The van der Waals surface area contributed by atoms with E-state index in [0.29, 0.717) is 0 Å². The van der Waals surface area contributed by atoms with Gasteiger partial charge in [-0.3, -0.25) is 0 Å². The Balaban J connectivity index is 1.43. The summed E-state index contributed by atoms with van der Waals surface area (Å²) in [4.78, 5) is 2.50. The van der Waals surface area contributed by atoms with Crippen molar-refractivity contribution in [2.24, 2.45) is 5.92 Å². The average Bonchev–Trinajstić information content (AvgIpc) is 3.03. The number of nitrogens with one attached hydrogen (secondary N) is 1. The molecule has 0 spiro atoms. The van der Waals surface area contributed by atoms with E-state index in [1.54, 1.807) is 0 Å². The minimum atomic E-state index is 0.903. The molecule has 0 radical (unpaired) electrons. The van der Waals surface area contributed by atoms with E-state index in [2.05, 4.69) is 46.2 Å². The van der Waals surface area contributed by atoms with E-state index in [-0.39, 0.29) is 0 Å². The Hall–Kier alpha value is -0.670. The molecule has 2 saturated heterocycles. The fraction of sp³-hybridized carbons (Fsp3) is 0.647. The molecular weight excluding hydrogens is 264 g/mol. The monoisotopic (exact) mass is 290 g/mol. The highest BCUT2D eigenvalue weighted by Gasteiger charge is 2.13. The molecular formula is C17H26N2S. The van der Waals surface area contributed by atoms with Crippen molar-refractivity contribution >= 4 is 17.4 Å². The van der Waals surface area contributed by atoms with Gasteiger partial charge < -0.3 is 10.2 Å². The van der Waals surface area contributed by atoms with Gasteiger partial charge in [-0.05, 0) is 67.3 Å². The van der Waals surface area contributed by atoms with Crippen LogP contribution in [0.2, 0.25) is 0 Å². The van der Waals surface area contributed by atoms with Gasteiger partial charge in [0, 0.05) is 25.3 Å². The summed E-state index contributed by atoms with van der Waals surface area (Å²) in [6.45, 7) is 4.67. The van der Waals surface area contributed by atoms with Crippen molar-refractivity contribution in [3.63, 3.8) is 0 Å². The highest BCUT2D eigenvalue weighted by Crippen LogP contribution is 2.22. The minimum absolute atomic E-state index is 0.903. The van der Waals surface area contributed by atoms with E-state index in [1.165, 1.54) is 68.1 Å². The van der Waals surface area contributed by atoms with E-state index >= 15 is 0 Å². The summed E-state index contributed by atoms with van der Waals surface area (Å²) >= 11 is 2.11. The normalized spacial score (nSPS) is 20.5. The Bertz CT molecular complexity index is 392. The number of nitrogens with zero attached hydrogens (tertiary/aromatic N) is 1. The Morgan fingerprint density at radius 3 is 2.45 bits per heavy atom. The molecule has 110 valence electrons. The smallest absolute Gasteiger partial charge is 0.0366 e. The number of hydrogen-bond acceptors (Lipinski definition) is 3. The predicted molar refractivity (Wildman–Crippen MR) is 89.6 cm³/mol. The second-order valence-corrected chi connectivity index (χ2v) is 7.27. The molecule has 0 unspecified atom stereocenters. The maximum atomic E-state index is 3.64. The zero-order chi connectivity index (χ0) is 13.6. The van der Waals surface area contributed by atoms with Gasteiger partial charge in [0.1, 0.15) is 0 Å². The van der Waals surface area contributed by atoms with E-state index < -0.39 is 0 Å². The van der Waals surface area contributed by atoms with Crippen LogP contribution < -0.4 is 10.2 Å². The van der Waals surface area contributed by atoms with Gasteiger partial charge in [0.15, 0.2) is 0 Å². The summed E-state index contributed by atoms with van der Waals surface area (Å²) in [6, 6.07) is 9.16. The van der Waals surface area contributed by atoms with Crippen LogP contribution in [-0.4, -0.2) is 31.1 Å². The van der Waals surface area contributed by atoms with Crippen LogP contribution in [0.1, 0.15) is 31.2 Å². The lowest BCUT2D eigenvalue weighted by Gasteiger charge is -2.21. The van der Waals surface area contributed by atoms with Crippen molar-refractivity contribution in [2.75, 3.05) is 36.0 Å². The zero-order valence-electron chi connectivity index (χ0n) is 12.3. The van der Waals surface area contributed by atoms with Crippen molar-refractivity contribution in [2.45, 2.75) is 32.2 Å². The third-order valence-corrected chi connectivity index (χ3v) is 5.56. The Kier molecular flexibility index (Phi) is 5.26. The largest absolute Gasteiger partial charge is 0.372 e. The minimum Gasteiger partial charge on any atom is -0.372 e. The SMILES string of the molecule is c1cc(N2CCCC2)ccc1CNCC1CCSCC1. The quantitative estimate of drug-likeness (QED) is 0.893. The van der Waals surface area contributed by atoms with Crippen LogP contribution >= 0.6 is 11.8 Å². The summed E-state index contributed by atoms with van der Waals surface area (Å²) in [5.41, 5.74) is 2.81. The van der Waals surface area contributed by atoms with Gasteiger partial charge in [-0.15, -0.1) is 0 Å². The van der Waals surface area contributed by atoms with Crippen LogP contribution in [0.25, 0.3) is 0 Å². The Morgan fingerprint density at radius 2 is 1.75 bits per heavy atom. The molecule has 2 nitrogen and oxygen atoms in total. The average molecular weight is 290 g/mol. The van der Waals surface area contributed by atoms with Crippen molar-refractivity contribution < 1.29 is 0 Å². The first-order valence-corrected chi connectivity index (χ1v) is 9.19. The molecule has 2 aliphatic heterocycles. The number of benzene rings is 1. The highest BCUT2D eigenvalue weighted by atomic mass is 32.2. The first-order chi connectivity index (χ1) is 9.92. The number of rotatable bonds is 5. The standard InChI is InChI=1S/C17H26N2S/c1-2-10-19(9-1)17-5-3-15(4-6-17)13-18-14-16-7-11-20-12-8-16/h3-6,16,18H,1-2,7-14H2. The number of anilines is 1. The maximum Gasteiger partial charge on any atom is 0.0366 e. The topological polar surface area (TPSA) is 15.3 Å². The van der Waals surface area contributed by atoms with Gasteiger partial charge in [0.25, 0.3) is 0 Å². The summed E-state index contributed by atoms with van der Waals surface area (Å²) < 4.78 is 0. The van der Waals surface area contributed by atoms with Gasteiger partial charge >= 0.3 is 0 Å². The highest BCUT2D eigenvalue weighted by molar-refractivity contribution is 7.99. The summed E-state index contributed by atoms with van der Waals surface area (Å²) in [5, 5.41) is 3.64. The van der Waals surface area contributed by atoms with Crippen LogP contribution in [0.3, 0.4) is 0 Å². The van der Waals surface area contributed by atoms with Crippen molar-refractivity contribution in [3.8, 4) is 0 Å². The van der Waals surface area contributed by atoms with Gasteiger partial charge in [-0.1, -0.05) is 12.1 Å². The Morgan fingerprint density at radius 1 is 1.05 bits per heavy atom. The molecule has 1 aromatic carbocycles. The molecule has 2 aliphatic rings. The fourth-order valence-corrected chi connectivity index (χ4v) is 4.38. The van der Waals surface area contributed by atoms with Crippen molar-refractivity contribution in [1.29, 1.82) is 0 Å². The van der Waals surface area contributed by atoms with Gasteiger partial charge in [-0.25, -0.2) is 0 Å². The lowest BCUT2D eigenvalue weighted by atomic mass is 10.0. The first kappa shape index (κ1) is 14.3. The fourth-order valence-electron chi connectivity index (χ4n) is 3.17. The lowest BCUT2D eigenvalue weighted by Crippen LogP contribution is -2.25. The molecule has 2 heterocycles. The third kappa shape index (κ3) is 3.92. The second kappa shape index (κ2) is 7.37. The number of thioether (sulfide) groups is 1. The van der Waals surface area contributed by atoms with E-state index in [1.807, 2.05) is 0 Å². The van der Waals surface area contributed by atoms with Crippen LogP contribution in [0.4, 0.5) is 5.69 Å². The number of hydrogen-bond donors (Lipinski definition) is 1. The van der Waals surface area contributed by atoms with Crippen LogP contribution in [0.5, 0.6) is 0 Å². The molecule has 20 heavy (non-hydrogen) atoms. The summed E-state index contributed by atoms with van der Waals surface area (Å²) in [5.74, 6) is 3.62. The third-order valence-electron chi connectivity index (χ3n) is 4.51. The van der Waals surface area contributed by atoms with Crippen LogP contribution in [0.15, 0.2) is 24.3 Å². The predicted octanol–water partition coefficient (Wildman–Crippen LogP) is 3.52. The van der Waals surface area contributed by atoms with E-state index in [4.69, 9.17) is 0 Å². The lowest BCUT2D eigenvalue weighted by molar-refractivity contribution is 0.447. The zero-order valence-corrected chi connectivity index (χ0v) is 13.1. The summed E-state index contributed by atoms with van der Waals surface area (Å²) in [7, 11) is 0. The molecule has 3 rings (SSSR count). The molecule has 0 bridgehead atoms. The molecule has 0 aromatic heterocycles. The molecule has 0 amide bonds. The molecule has 0 atom stereocenters. The Labute approximate surface area is 127 Å². The van der Waals surface area contributed by atoms with E-state index in [9.17, 15) is 0 Å². The van der Waals surface area contributed by atoms with Crippen molar-refractivity contribution in [3.05, 3.63) is 29.8 Å². The van der Waals surface area contributed by atoms with Crippen molar-refractivity contribution in [1.82, 2.24) is 5.32 Å². The second-order valence-electron chi connectivity index (χ2n) is 6.05. The molecule has 0 aliphatic carbocycles. The van der Waals surface area contributed by atoms with Gasteiger partial charge in [0.05, 0.1) is 0 Å². The van der Waals surface area contributed by atoms with Gasteiger partial charge in [0.2, 0.25) is 0 Å². The summed E-state index contributed by atoms with van der Waals surface area (Å²) in [6.07, 6.45) is 5.49. The molecule has 2 fully saturated rings. The molecule has 1 aromatic rings. The first-order valence-electron chi connectivity index (χ1n) is 8.04. The van der Waals surface area contributed by atoms with E-state index in [0.717, 1.165) is 12.5 Å². The molecule has 1 N–H and O–H groups in total. The molecule has 0 saturated carbocycles. The molecule has 3 heteroatoms. The maximum absolute atomic E-state index is 3.64. The van der Waals surface area contributed by atoms with Crippen LogP contribution in [-0.2, 0) is 6.54 Å². The van der Waals surface area contributed by atoms with Gasteiger partial charge in [-0.2, -0.15) is 11.8 Å². The van der Waals surface area contributed by atoms with Crippen LogP contribution in [0, 0.1) is 5.92 Å².